The van der Waals surface area contributed by atoms with Crippen molar-refractivity contribution in [1.29, 1.82) is 0 Å². The standard InChI is InChI=1S/C7H11N3O2/c11-7-3-5(9-10-7)6-4-12-2-1-8-6/h3,6,8H,1-2,4H2,(H2,9,10,11). The highest BCUT2D eigenvalue weighted by Gasteiger charge is 2.16. The SMILES string of the molecule is O=c1cc(C2COCCN2)[nH][nH]1. The van der Waals surface area contributed by atoms with E-state index in [1.807, 2.05) is 0 Å². The van der Waals surface area contributed by atoms with Crippen LogP contribution in [0.25, 0.3) is 0 Å². The Morgan fingerprint density at radius 3 is 3.00 bits per heavy atom. The van der Waals surface area contributed by atoms with Crippen LogP contribution in [0.3, 0.4) is 0 Å². The minimum atomic E-state index is -0.0997. The first-order valence-corrected chi connectivity index (χ1v) is 3.95. The number of H-pyrrole nitrogens is 2. The van der Waals surface area contributed by atoms with E-state index in [1.54, 1.807) is 6.07 Å². The molecule has 5 nitrogen and oxygen atoms in total. The van der Waals surface area contributed by atoms with Gasteiger partial charge in [0.15, 0.2) is 0 Å². The molecule has 1 aromatic heterocycles. The van der Waals surface area contributed by atoms with E-state index in [0.717, 1.165) is 18.8 Å². The zero-order valence-electron chi connectivity index (χ0n) is 6.59. The first-order chi connectivity index (χ1) is 5.86. The molecule has 1 unspecified atom stereocenters. The second-order valence-corrected chi connectivity index (χ2v) is 2.80. The average Bonchev–Trinajstić information content (AvgIpc) is 2.54. The maximum Gasteiger partial charge on any atom is 0.264 e. The second kappa shape index (κ2) is 3.12. The highest BCUT2D eigenvalue weighted by atomic mass is 16.5. The average molecular weight is 169 g/mol. The van der Waals surface area contributed by atoms with Gasteiger partial charge in [-0.25, -0.2) is 0 Å². The molecule has 0 aromatic carbocycles. The molecule has 0 aliphatic carbocycles. The number of aromatic amines is 2. The van der Waals surface area contributed by atoms with Crippen molar-refractivity contribution >= 4 is 0 Å². The van der Waals surface area contributed by atoms with E-state index in [0.29, 0.717) is 6.61 Å². The monoisotopic (exact) mass is 169 g/mol. The molecule has 66 valence electrons. The van der Waals surface area contributed by atoms with Crippen molar-refractivity contribution in [3.63, 3.8) is 0 Å². The molecule has 1 fully saturated rings. The lowest BCUT2D eigenvalue weighted by Gasteiger charge is -2.22. The van der Waals surface area contributed by atoms with Crippen molar-refractivity contribution in [2.24, 2.45) is 0 Å². The summed E-state index contributed by atoms with van der Waals surface area (Å²) < 4.78 is 5.25. The quantitative estimate of drug-likeness (QED) is 0.524. The Morgan fingerprint density at radius 2 is 2.42 bits per heavy atom. The molecular formula is C7H11N3O2. The molecule has 0 radical (unpaired) electrons. The first-order valence-electron chi connectivity index (χ1n) is 3.95. The van der Waals surface area contributed by atoms with E-state index in [-0.39, 0.29) is 11.6 Å². The van der Waals surface area contributed by atoms with E-state index in [9.17, 15) is 4.79 Å². The minimum Gasteiger partial charge on any atom is -0.378 e. The fourth-order valence-electron chi connectivity index (χ4n) is 1.30. The summed E-state index contributed by atoms with van der Waals surface area (Å²) in [5.74, 6) is 0. The number of hydrogen-bond donors (Lipinski definition) is 3. The summed E-state index contributed by atoms with van der Waals surface area (Å²) in [4.78, 5) is 10.8. The molecule has 1 aliphatic rings. The van der Waals surface area contributed by atoms with Crippen molar-refractivity contribution in [1.82, 2.24) is 15.5 Å². The lowest BCUT2D eigenvalue weighted by Crippen LogP contribution is -2.34. The normalized spacial score (nSPS) is 24.2. The van der Waals surface area contributed by atoms with Gasteiger partial charge in [-0.15, -0.1) is 0 Å². The van der Waals surface area contributed by atoms with Crippen molar-refractivity contribution in [3.8, 4) is 0 Å². The molecule has 2 rings (SSSR count). The summed E-state index contributed by atoms with van der Waals surface area (Å²) in [5, 5.41) is 8.52. The minimum absolute atomic E-state index is 0.0997. The van der Waals surface area contributed by atoms with E-state index in [2.05, 4.69) is 15.5 Å². The maximum atomic E-state index is 10.8. The van der Waals surface area contributed by atoms with Gasteiger partial charge in [-0.05, 0) is 0 Å². The van der Waals surface area contributed by atoms with E-state index >= 15 is 0 Å². The summed E-state index contributed by atoms with van der Waals surface area (Å²) in [7, 11) is 0. The number of aromatic nitrogens is 2. The third-order valence-corrected chi connectivity index (χ3v) is 1.91. The molecule has 1 aliphatic heterocycles. The molecular weight excluding hydrogens is 158 g/mol. The predicted molar refractivity (Wildman–Crippen MR) is 43.0 cm³/mol. The molecule has 3 N–H and O–H groups in total. The van der Waals surface area contributed by atoms with Crippen LogP contribution in [0.4, 0.5) is 0 Å². The fraction of sp³-hybridized carbons (Fsp3) is 0.571. The van der Waals surface area contributed by atoms with Crippen LogP contribution in [0.1, 0.15) is 11.7 Å². The zero-order chi connectivity index (χ0) is 8.39. The van der Waals surface area contributed by atoms with Gasteiger partial charge in [0, 0.05) is 12.6 Å². The van der Waals surface area contributed by atoms with Gasteiger partial charge in [0.2, 0.25) is 0 Å². The number of nitrogens with one attached hydrogen (secondary N) is 3. The highest BCUT2D eigenvalue weighted by molar-refractivity contribution is 5.05. The summed E-state index contributed by atoms with van der Waals surface area (Å²) in [5.41, 5.74) is 0.761. The number of rotatable bonds is 1. The van der Waals surface area contributed by atoms with E-state index < -0.39 is 0 Å². The van der Waals surface area contributed by atoms with Crippen molar-refractivity contribution in [2.45, 2.75) is 6.04 Å². The maximum absolute atomic E-state index is 10.8. The van der Waals surface area contributed by atoms with Crippen molar-refractivity contribution in [2.75, 3.05) is 19.8 Å². The van der Waals surface area contributed by atoms with E-state index in [4.69, 9.17) is 4.74 Å². The molecule has 1 atom stereocenters. The Kier molecular flexibility index (Phi) is 1.97. The third kappa shape index (κ3) is 1.41. The highest BCUT2D eigenvalue weighted by Crippen LogP contribution is 2.09. The second-order valence-electron chi connectivity index (χ2n) is 2.80. The Hall–Kier alpha value is -1.07. The van der Waals surface area contributed by atoms with Crippen molar-refractivity contribution in [3.05, 3.63) is 22.1 Å². The third-order valence-electron chi connectivity index (χ3n) is 1.91. The van der Waals surface area contributed by atoms with Gasteiger partial charge in [-0.1, -0.05) is 0 Å². The van der Waals surface area contributed by atoms with Crippen LogP contribution in [0.15, 0.2) is 10.9 Å². The summed E-state index contributed by atoms with van der Waals surface area (Å²) in [6.45, 7) is 2.19. The topological polar surface area (TPSA) is 69.9 Å². The lowest BCUT2D eigenvalue weighted by atomic mass is 10.2. The molecule has 2 heterocycles. The molecule has 0 spiro atoms. The van der Waals surface area contributed by atoms with Gasteiger partial charge < -0.3 is 15.2 Å². The van der Waals surface area contributed by atoms with Crippen LogP contribution in [0.2, 0.25) is 0 Å². The molecule has 0 saturated carbocycles. The van der Waals surface area contributed by atoms with Crippen LogP contribution >= 0.6 is 0 Å². The summed E-state index contributed by atoms with van der Waals surface area (Å²) in [6, 6.07) is 1.67. The molecule has 1 aromatic rings. The largest absolute Gasteiger partial charge is 0.378 e. The number of ether oxygens (including phenoxy) is 1. The first kappa shape index (κ1) is 7.57. The van der Waals surface area contributed by atoms with Crippen LogP contribution < -0.4 is 10.9 Å². The zero-order valence-corrected chi connectivity index (χ0v) is 6.59. The molecule has 0 bridgehead atoms. The number of hydrogen-bond acceptors (Lipinski definition) is 3. The number of morpholine rings is 1. The lowest BCUT2D eigenvalue weighted by molar-refractivity contribution is 0.0756. The van der Waals surface area contributed by atoms with Gasteiger partial charge in [0.05, 0.1) is 24.9 Å². The Labute approximate surface area is 69.1 Å². The summed E-state index contributed by atoms with van der Waals surface area (Å²) in [6.07, 6.45) is 0. The van der Waals surface area contributed by atoms with Gasteiger partial charge in [0.25, 0.3) is 5.56 Å². The Morgan fingerprint density at radius 1 is 1.50 bits per heavy atom. The predicted octanol–water partition coefficient (Wildman–Crippen LogP) is -0.636. The van der Waals surface area contributed by atoms with Gasteiger partial charge >= 0.3 is 0 Å². The van der Waals surface area contributed by atoms with Crippen LogP contribution in [-0.2, 0) is 4.74 Å². The van der Waals surface area contributed by atoms with Crippen LogP contribution in [0.5, 0.6) is 0 Å². The Balaban J connectivity index is 2.13. The van der Waals surface area contributed by atoms with Gasteiger partial charge in [0.1, 0.15) is 0 Å². The fourth-order valence-corrected chi connectivity index (χ4v) is 1.30. The molecule has 1 saturated heterocycles. The van der Waals surface area contributed by atoms with Crippen LogP contribution in [-0.4, -0.2) is 30.0 Å². The van der Waals surface area contributed by atoms with Crippen LogP contribution in [0, 0.1) is 0 Å². The van der Waals surface area contributed by atoms with Gasteiger partial charge in [-0.3, -0.25) is 9.89 Å². The smallest absolute Gasteiger partial charge is 0.264 e. The van der Waals surface area contributed by atoms with Crippen molar-refractivity contribution < 1.29 is 4.74 Å². The van der Waals surface area contributed by atoms with E-state index in [1.165, 1.54) is 0 Å². The summed E-state index contributed by atoms with van der Waals surface area (Å²) >= 11 is 0. The molecule has 12 heavy (non-hydrogen) atoms. The molecule has 0 amide bonds. The Bertz CT molecular complexity index is 298. The van der Waals surface area contributed by atoms with Gasteiger partial charge in [-0.2, -0.15) is 0 Å². The molecule has 5 heteroatoms.